The molecular weight excluding hydrogens is 469 g/mol. The number of fused-ring (bicyclic) bond motifs is 2. The Kier molecular flexibility index (Phi) is 6.27. The van der Waals surface area contributed by atoms with Crippen molar-refractivity contribution in [3.63, 3.8) is 0 Å². The molecule has 3 aliphatic heterocycles. The number of anilines is 1. The highest BCUT2D eigenvalue weighted by molar-refractivity contribution is 8.04. The average Bonchev–Trinajstić information content (AvgIpc) is 3.23. The first kappa shape index (κ1) is 23.4. The lowest BCUT2D eigenvalue weighted by atomic mass is 9.90. The van der Waals surface area contributed by atoms with Gasteiger partial charge in [0.05, 0.1) is 30.1 Å². The predicted octanol–water partition coefficient (Wildman–Crippen LogP) is 4.91. The Morgan fingerprint density at radius 1 is 1.11 bits per heavy atom. The molecule has 0 spiro atoms. The minimum atomic E-state index is -0.521. The number of hydrogen-bond donors (Lipinski definition) is 0. The van der Waals surface area contributed by atoms with Crippen molar-refractivity contribution in [2.24, 2.45) is 5.92 Å². The largest absolute Gasteiger partial charge is 0.450 e. The zero-order valence-electron chi connectivity index (χ0n) is 19.6. The number of halogens is 1. The van der Waals surface area contributed by atoms with Crippen LogP contribution in [-0.2, 0) is 16.1 Å². The van der Waals surface area contributed by atoms with Crippen LogP contribution in [0.15, 0.2) is 59.0 Å². The number of ether oxygens (including phenoxy) is 1. The van der Waals surface area contributed by atoms with Crippen molar-refractivity contribution in [1.29, 1.82) is 0 Å². The second-order valence-electron chi connectivity index (χ2n) is 8.85. The Morgan fingerprint density at radius 3 is 2.51 bits per heavy atom. The van der Waals surface area contributed by atoms with Crippen LogP contribution < -0.4 is 4.90 Å². The van der Waals surface area contributed by atoms with Crippen molar-refractivity contribution in [3.05, 3.63) is 76.0 Å². The van der Waals surface area contributed by atoms with E-state index >= 15 is 0 Å². The lowest BCUT2D eigenvalue weighted by Crippen LogP contribution is -2.60. The summed E-state index contributed by atoms with van der Waals surface area (Å²) in [6.07, 6.45) is 0.166. The molecule has 2 atom stereocenters. The number of benzene rings is 2. The third kappa shape index (κ3) is 4.29. The molecule has 35 heavy (non-hydrogen) atoms. The highest BCUT2D eigenvalue weighted by Crippen LogP contribution is 2.50. The molecule has 0 bridgehead atoms. The molecule has 0 aromatic heterocycles. The Bertz CT molecular complexity index is 1200. The lowest BCUT2D eigenvalue weighted by molar-refractivity contribution is -0.122. The number of urea groups is 1. The summed E-state index contributed by atoms with van der Waals surface area (Å²) >= 11 is 1.48. The van der Waals surface area contributed by atoms with Crippen molar-refractivity contribution in [3.8, 4) is 0 Å². The summed E-state index contributed by atoms with van der Waals surface area (Å²) < 4.78 is 18.8. The van der Waals surface area contributed by atoms with E-state index in [1.54, 1.807) is 16.7 Å². The number of rotatable bonds is 4. The van der Waals surface area contributed by atoms with Gasteiger partial charge >= 0.3 is 12.1 Å². The zero-order valence-corrected chi connectivity index (χ0v) is 20.4. The molecule has 5 rings (SSSR count). The molecule has 9 heteroatoms. The minimum absolute atomic E-state index is 0.295. The van der Waals surface area contributed by atoms with Crippen LogP contribution in [0.2, 0.25) is 0 Å². The molecule has 1 saturated heterocycles. The van der Waals surface area contributed by atoms with Crippen LogP contribution in [0.4, 0.5) is 19.7 Å². The summed E-state index contributed by atoms with van der Waals surface area (Å²) in [7, 11) is 0. The van der Waals surface area contributed by atoms with Gasteiger partial charge in [0.25, 0.3) is 0 Å². The fraction of sp³-hybridized carbons (Fsp3) is 0.346. The third-order valence-electron chi connectivity index (χ3n) is 6.58. The smallest absolute Gasteiger partial charge is 0.410 e. The fourth-order valence-electron chi connectivity index (χ4n) is 4.81. The summed E-state index contributed by atoms with van der Waals surface area (Å²) in [6, 6.07) is 12.9. The quantitative estimate of drug-likeness (QED) is 0.603. The van der Waals surface area contributed by atoms with Crippen molar-refractivity contribution in [2.75, 3.05) is 24.6 Å². The van der Waals surface area contributed by atoms with E-state index in [4.69, 9.17) is 4.74 Å². The number of imide groups is 1. The first-order valence-corrected chi connectivity index (χ1v) is 12.5. The average molecular weight is 496 g/mol. The van der Waals surface area contributed by atoms with Crippen molar-refractivity contribution < 1.29 is 23.5 Å². The predicted molar refractivity (Wildman–Crippen MR) is 131 cm³/mol. The van der Waals surface area contributed by atoms with E-state index in [1.165, 1.54) is 40.9 Å². The van der Waals surface area contributed by atoms with Gasteiger partial charge in [-0.25, -0.2) is 18.9 Å². The molecule has 2 aromatic carbocycles. The van der Waals surface area contributed by atoms with E-state index in [1.807, 2.05) is 31.2 Å². The summed E-state index contributed by atoms with van der Waals surface area (Å²) in [5.74, 6) is -1.27. The van der Waals surface area contributed by atoms with E-state index in [9.17, 15) is 18.8 Å². The monoisotopic (exact) mass is 495 g/mol. The molecule has 0 N–H and O–H groups in total. The topological polar surface area (TPSA) is 70.2 Å². The number of amides is 4. The number of carbonyl (C=O) groups is 3. The van der Waals surface area contributed by atoms with Crippen molar-refractivity contribution in [2.45, 2.75) is 32.2 Å². The van der Waals surface area contributed by atoms with Crippen LogP contribution in [0.5, 0.6) is 0 Å². The van der Waals surface area contributed by atoms with Gasteiger partial charge in [0, 0.05) is 18.0 Å². The Morgan fingerprint density at radius 2 is 1.83 bits per heavy atom. The Labute approximate surface area is 207 Å². The highest BCUT2D eigenvalue weighted by atomic mass is 32.2. The number of thioether (sulfide) groups is 1. The lowest BCUT2D eigenvalue weighted by Gasteiger charge is -2.42. The first-order valence-electron chi connectivity index (χ1n) is 11.6. The van der Waals surface area contributed by atoms with Crippen LogP contribution in [0.1, 0.15) is 24.5 Å². The summed E-state index contributed by atoms with van der Waals surface area (Å²) in [6.45, 7) is 5.22. The molecule has 3 aliphatic rings. The SMILES string of the molecule is CCOC(=O)N1CCC2=C(C1)SC1C2C(=O)N(c2ccc(F)cc2)C(=O)N1Cc1ccc(C)cc1. The molecule has 1 fully saturated rings. The summed E-state index contributed by atoms with van der Waals surface area (Å²) in [4.78, 5) is 45.3. The van der Waals surface area contributed by atoms with Crippen LogP contribution in [0.3, 0.4) is 0 Å². The van der Waals surface area contributed by atoms with Crippen LogP contribution >= 0.6 is 11.8 Å². The van der Waals surface area contributed by atoms with E-state index < -0.39 is 23.1 Å². The molecule has 2 unspecified atom stereocenters. The molecule has 0 radical (unpaired) electrons. The summed E-state index contributed by atoms with van der Waals surface area (Å²) in [5, 5.41) is -0.403. The first-order chi connectivity index (χ1) is 16.9. The molecule has 2 aromatic rings. The Balaban J connectivity index is 1.50. The molecule has 7 nitrogen and oxygen atoms in total. The second kappa shape index (κ2) is 9.37. The fourth-order valence-corrected chi connectivity index (χ4v) is 6.42. The van der Waals surface area contributed by atoms with Gasteiger partial charge in [0.1, 0.15) is 5.82 Å². The number of aryl methyl sites for hydroxylation is 1. The molecule has 182 valence electrons. The Hall–Kier alpha value is -3.33. The standard InChI is InChI=1S/C26H26FN3O4S/c1-3-34-26(33)28-13-12-20-21(15-28)35-24-22(20)23(31)30(19-10-8-18(27)9-11-19)25(32)29(24)14-17-6-4-16(2)5-7-17/h4-11,22,24H,3,12-15H2,1-2H3. The molecular formula is C26H26FN3O4S. The van der Waals surface area contributed by atoms with Gasteiger partial charge < -0.3 is 14.5 Å². The van der Waals surface area contributed by atoms with Gasteiger partial charge in [-0.15, -0.1) is 11.8 Å². The van der Waals surface area contributed by atoms with Crippen molar-refractivity contribution in [1.82, 2.24) is 9.80 Å². The molecule has 3 heterocycles. The van der Waals surface area contributed by atoms with Crippen molar-refractivity contribution >= 4 is 35.5 Å². The van der Waals surface area contributed by atoms with E-state index in [-0.39, 0.29) is 12.0 Å². The molecule has 0 aliphatic carbocycles. The third-order valence-corrected chi connectivity index (χ3v) is 8.03. The van der Waals surface area contributed by atoms with Gasteiger partial charge in [0.15, 0.2) is 0 Å². The maximum absolute atomic E-state index is 13.8. The number of carbonyl (C=O) groups excluding carboxylic acids is 3. The maximum Gasteiger partial charge on any atom is 0.410 e. The maximum atomic E-state index is 13.8. The highest BCUT2D eigenvalue weighted by Gasteiger charge is 2.53. The van der Waals surface area contributed by atoms with Gasteiger partial charge in [-0.1, -0.05) is 29.8 Å². The normalized spacial score (nSPS) is 21.9. The molecule has 4 amide bonds. The van der Waals surface area contributed by atoms with Crippen LogP contribution in [-0.4, -0.2) is 52.9 Å². The second-order valence-corrected chi connectivity index (χ2v) is 10.1. The van der Waals surface area contributed by atoms with Crippen LogP contribution in [0, 0.1) is 18.7 Å². The molecule has 0 saturated carbocycles. The van der Waals surface area contributed by atoms with Gasteiger partial charge in [0.2, 0.25) is 5.91 Å². The number of hydrogen-bond acceptors (Lipinski definition) is 5. The van der Waals surface area contributed by atoms with Crippen LogP contribution in [0.25, 0.3) is 0 Å². The van der Waals surface area contributed by atoms with Gasteiger partial charge in [-0.2, -0.15) is 0 Å². The zero-order chi connectivity index (χ0) is 24.7. The van der Waals surface area contributed by atoms with Gasteiger partial charge in [-0.05, 0) is 55.7 Å². The van der Waals surface area contributed by atoms with Gasteiger partial charge in [-0.3, -0.25) is 4.79 Å². The van der Waals surface area contributed by atoms with E-state index in [2.05, 4.69) is 0 Å². The number of nitrogens with zero attached hydrogens (tertiary/aromatic N) is 3. The summed E-state index contributed by atoms with van der Waals surface area (Å²) in [5.41, 5.74) is 3.39. The van der Waals surface area contributed by atoms with E-state index in [0.29, 0.717) is 38.3 Å². The van der Waals surface area contributed by atoms with E-state index in [0.717, 1.165) is 21.6 Å². The minimum Gasteiger partial charge on any atom is -0.450 e.